The van der Waals surface area contributed by atoms with Crippen LogP contribution in [-0.4, -0.2) is 19.5 Å². The summed E-state index contributed by atoms with van der Waals surface area (Å²) in [5.74, 6) is 1.75. The van der Waals surface area contributed by atoms with Crippen LogP contribution in [0.15, 0.2) is 239 Å². The van der Waals surface area contributed by atoms with E-state index in [0.717, 1.165) is 94.0 Å². The molecule has 0 saturated carbocycles. The number of rotatable bonds is 7. The van der Waals surface area contributed by atoms with Crippen molar-refractivity contribution in [1.82, 2.24) is 19.5 Å². The van der Waals surface area contributed by atoms with Crippen molar-refractivity contribution in [2.75, 3.05) is 0 Å². The first-order chi connectivity index (χ1) is 34.2. The molecule has 14 aromatic rings. The second kappa shape index (κ2) is 15.6. The first-order valence-electron chi connectivity index (χ1n) is 23.2. The van der Waals surface area contributed by atoms with Crippen LogP contribution in [0.25, 0.3) is 139 Å². The maximum Gasteiger partial charge on any atom is 0.164 e. The van der Waals surface area contributed by atoms with Crippen molar-refractivity contribution >= 4 is 65.7 Å². The number of furan rings is 2. The summed E-state index contributed by atoms with van der Waals surface area (Å²) in [6, 6.07) is 80.4. The van der Waals surface area contributed by atoms with Gasteiger partial charge < -0.3 is 13.4 Å². The number of fused-ring (bicyclic) bond motifs is 9. The summed E-state index contributed by atoms with van der Waals surface area (Å²) in [4.78, 5) is 15.4. The maximum absolute atomic E-state index is 6.71. The second-order valence-corrected chi connectivity index (χ2v) is 17.5. The highest BCUT2D eigenvalue weighted by molar-refractivity contribution is 6.14. The number of benzene rings is 10. The quantitative estimate of drug-likeness (QED) is 0.159. The molecule has 0 N–H and O–H groups in total. The second-order valence-electron chi connectivity index (χ2n) is 17.5. The number of nitrogens with zero attached hydrogens (tertiary/aromatic N) is 4. The SMILES string of the molecule is c1ccc(-c2ccc3c(c2)c2cc(-c4ccc5c(c4)oc4cccc(-c6nc(-c7ccccc7)nc(-c7ccc(-c8cccc9c8oc8ccccc89)cc7)n6)c45)ccc2n3-c2ccccc2)cc1. The van der Waals surface area contributed by atoms with Gasteiger partial charge in [-0.05, 0) is 88.5 Å². The minimum absolute atomic E-state index is 0.572. The van der Waals surface area contributed by atoms with Crippen LogP contribution in [-0.2, 0) is 0 Å². The van der Waals surface area contributed by atoms with Gasteiger partial charge in [0, 0.05) is 60.3 Å². The highest BCUT2D eigenvalue weighted by Gasteiger charge is 2.20. The molecular formula is C63H38N4O2. The Bertz CT molecular complexity index is 4290. The molecule has 0 saturated heterocycles. The summed E-state index contributed by atoms with van der Waals surface area (Å²) in [5, 5.41) is 6.55. The molecule has 0 radical (unpaired) electrons. The molecule has 0 aliphatic carbocycles. The Kier molecular flexibility index (Phi) is 8.79. The van der Waals surface area contributed by atoms with Crippen molar-refractivity contribution in [3.05, 3.63) is 231 Å². The van der Waals surface area contributed by atoms with Crippen LogP contribution >= 0.6 is 0 Å². The van der Waals surface area contributed by atoms with Gasteiger partial charge in [-0.25, -0.2) is 15.0 Å². The van der Waals surface area contributed by atoms with E-state index in [2.05, 4.69) is 174 Å². The van der Waals surface area contributed by atoms with Gasteiger partial charge in [-0.2, -0.15) is 0 Å². The van der Waals surface area contributed by atoms with Gasteiger partial charge in [0.05, 0.1) is 11.0 Å². The minimum Gasteiger partial charge on any atom is -0.456 e. The van der Waals surface area contributed by atoms with E-state index in [1.54, 1.807) is 0 Å². The largest absolute Gasteiger partial charge is 0.456 e. The van der Waals surface area contributed by atoms with Gasteiger partial charge >= 0.3 is 0 Å². The predicted molar refractivity (Wildman–Crippen MR) is 281 cm³/mol. The van der Waals surface area contributed by atoms with Gasteiger partial charge in [0.15, 0.2) is 17.5 Å². The summed E-state index contributed by atoms with van der Waals surface area (Å²) in [6.45, 7) is 0. The van der Waals surface area contributed by atoms with Crippen LogP contribution < -0.4 is 0 Å². The van der Waals surface area contributed by atoms with Crippen LogP contribution in [0.4, 0.5) is 0 Å². The lowest BCUT2D eigenvalue weighted by Gasteiger charge is -2.10. The van der Waals surface area contributed by atoms with Gasteiger partial charge in [0.1, 0.15) is 22.3 Å². The van der Waals surface area contributed by atoms with Gasteiger partial charge in [-0.15, -0.1) is 0 Å². The summed E-state index contributed by atoms with van der Waals surface area (Å²) in [6.07, 6.45) is 0. The third-order valence-corrected chi connectivity index (χ3v) is 13.5. The zero-order valence-electron chi connectivity index (χ0n) is 37.0. The summed E-state index contributed by atoms with van der Waals surface area (Å²) < 4.78 is 15.5. The lowest BCUT2D eigenvalue weighted by Crippen LogP contribution is -2.00. The Morgan fingerprint density at radius 3 is 1.55 bits per heavy atom. The molecule has 69 heavy (non-hydrogen) atoms. The molecule has 14 rings (SSSR count). The number of para-hydroxylation sites is 3. The molecule has 0 aliphatic rings. The summed E-state index contributed by atoms with van der Waals surface area (Å²) in [5.41, 5.74) is 16.1. The average Bonchev–Trinajstić information content (AvgIpc) is 4.10. The maximum atomic E-state index is 6.71. The van der Waals surface area contributed by atoms with E-state index in [0.29, 0.717) is 17.5 Å². The molecule has 0 bridgehead atoms. The van der Waals surface area contributed by atoms with Gasteiger partial charge in [0.25, 0.3) is 0 Å². The monoisotopic (exact) mass is 882 g/mol. The van der Waals surface area contributed by atoms with Gasteiger partial charge in [-0.3, -0.25) is 0 Å². The van der Waals surface area contributed by atoms with Crippen molar-refractivity contribution in [1.29, 1.82) is 0 Å². The molecule has 0 atom stereocenters. The Morgan fingerprint density at radius 2 is 0.812 bits per heavy atom. The smallest absolute Gasteiger partial charge is 0.164 e. The van der Waals surface area contributed by atoms with E-state index in [-0.39, 0.29) is 0 Å². The van der Waals surface area contributed by atoms with Crippen molar-refractivity contribution in [3.8, 4) is 73.2 Å². The molecule has 6 heteroatoms. The zero-order valence-corrected chi connectivity index (χ0v) is 37.0. The fourth-order valence-electron chi connectivity index (χ4n) is 10.2. The van der Waals surface area contributed by atoms with Crippen molar-refractivity contribution in [3.63, 3.8) is 0 Å². The Labute approximate surface area is 396 Å². The highest BCUT2D eigenvalue weighted by atomic mass is 16.3. The van der Waals surface area contributed by atoms with E-state index < -0.39 is 0 Å². The molecule has 0 fully saturated rings. The Hall–Kier alpha value is -9.39. The number of hydrogen-bond donors (Lipinski definition) is 0. The Balaban J connectivity index is 0.875. The molecular weight excluding hydrogens is 845 g/mol. The molecule has 0 spiro atoms. The molecule has 0 aliphatic heterocycles. The molecule has 0 unspecified atom stereocenters. The standard InChI is InChI=1S/C63H38N4O2/c1-4-14-39(15-5-1)43-31-34-54-52(36-43)53-37-44(32-35-55(53)67(54)46-18-8-3-9-19-46)45-30-33-50-58(38-45)68-57-25-13-23-51(59(50)57)63-65-61(41-16-6-2-7-17-41)64-62(66-63)42-28-26-40(27-29-42)47-21-12-22-49-48-20-10-11-24-56(48)69-60(47)49/h1-38H. The topological polar surface area (TPSA) is 69.9 Å². The van der Waals surface area contributed by atoms with Crippen LogP contribution in [0.1, 0.15) is 0 Å². The van der Waals surface area contributed by atoms with E-state index >= 15 is 0 Å². The lowest BCUT2D eigenvalue weighted by atomic mass is 9.99. The summed E-state index contributed by atoms with van der Waals surface area (Å²) in [7, 11) is 0. The minimum atomic E-state index is 0.572. The summed E-state index contributed by atoms with van der Waals surface area (Å²) >= 11 is 0. The highest BCUT2D eigenvalue weighted by Crippen LogP contribution is 2.42. The average molecular weight is 883 g/mol. The van der Waals surface area contributed by atoms with Gasteiger partial charge in [-0.1, -0.05) is 170 Å². The van der Waals surface area contributed by atoms with Crippen LogP contribution in [0.5, 0.6) is 0 Å². The van der Waals surface area contributed by atoms with E-state index in [1.165, 1.54) is 27.4 Å². The first-order valence-corrected chi connectivity index (χ1v) is 23.2. The first kappa shape index (κ1) is 38.8. The third kappa shape index (κ3) is 6.45. The predicted octanol–water partition coefficient (Wildman–Crippen LogP) is 16.8. The molecule has 6 nitrogen and oxygen atoms in total. The van der Waals surface area contributed by atoms with Crippen molar-refractivity contribution < 1.29 is 8.83 Å². The van der Waals surface area contributed by atoms with Crippen molar-refractivity contribution in [2.24, 2.45) is 0 Å². The fraction of sp³-hybridized carbons (Fsp3) is 0. The lowest BCUT2D eigenvalue weighted by molar-refractivity contribution is 0.669. The van der Waals surface area contributed by atoms with Crippen LogP contribution in [0, 0.1) is 0 Å². The van der Waals surface area contributed by atoms with Crippen LogP contribution in [0.2, 0.25) is 0 Å². The van der Waals surface area contributed by atoms with E-state index in [9.17, 15) is 0 Å². The van der Waals surface area contributed by atoms with Gasteiger partial charge in [0.2, 0.25) is 0 Å². The number of hydrogen-bond acceptors (Lipinski definition) is 5. The molecule has 4 heterocycles. The molecule has 10 aromatic carbocycles. The van der Waals surface area contributed by atoms with E-state index in [4.69, 9.17) is 23.8 Å². The molecule has 322 valence electrons. The Morgan fingerprint density at radius 1 is 0.290 bits per heavy atom. The molecule has 0 amide bonds. The fourth-order valence-corrected chi connectivity index (χ4v) is 10.2. The van der Waals surface area contributed by atoms with Crippen molar-refractivity contribution in [2.45, 2.75) is 0 Å². The normalized spacial score (nSPS) is 11.8. The third-order valence-electron chi connectivity index (χ3n) is 13.5. The van der Waals surface area contributed by atoms with Crippen LogP contribution in [0.3, 0.4) is 0 Å². The van der Waals surface area contributed by atoms with E-state index in [1.807, 2.05) is 60.7 Å². The molecule has 4 aromatic heterocycles. The number of aromatic nitrogens is 4. The zero-order chi connectivity index (χ0) is 45.4.